The summed E-state index contributed by atoms with van der Waals surface area (Å²) < 4.78 is 38.6. The molecule has 9 heteroatoms. The zero-order chi connectivity index (χ0) is 19.5. The number of amides is 1. The SMILES string of the molecule is CCC(C)C(NC(=O)C(C)c1c(C)nn(CC(F)(F)F)c1C)C(=O)O. The third kappa shape index (κ3) is 5.20. The molecule has 0 bridgehead atoms. The second-order valence-electron chi connectivity index (χ2n) is 6.29. The number of nitrogens with zero attached hydrogens (tertiary/aromatic N) is 2. The summed E-state index contributed by atoms with van der Waals surface area (Å²) in [5.74, 6) is -2.78. The quantitative estimate of drug-likeness (QED) is 0.780. The third-order valence-electron chi connectivity index (χ3n) is 4.37. The minimum Gasteiger partial charge on any atom is -0.480 e. The Kier molecular flexibility index (Phi) is 6.61. The Morgan fingerprint density at radius 3 is 2.28 bits per heavy atom. The normalized spacial score (nSPS) is 15.5. The summed E-state index contributed by atoms with van der Waals surface area (Å²) in [6.45, 7) is 6.81. The van der Waals surface area contributed by atoms with Gasteiger partial charge in [0.2, 0.25) is 5.91 Å². The molecular formula is C16H24F3N3O3. The summed E-state index contributed by atoms with van der Waals surface area (Å²) >= 11 is 0. The van der Waals surface area contributed by atoms with Crippen LogP contribution in [0, 0.1) is 19.8 Å². The lowest BCUT2D eigenvalue weighted by atomic mass is 9.95. The number of carboxylic acids is 1. The molecule has 0 aliphatic heterocycles. The van der Waals surface area contributed by atoms with Crippen molar-refractivity contribution >= 4 is 11.9 Å². The van der Waals surface area contributed by atoms with Gasteiger partial charge in [-0.15, -0.1) is 0 Å². The van der Waals surface area contributed by atoms with E-state index in [9.17, 15) is 27.9 Å². The van der Waals surface area contributed by atoms with Gasteiger partial charge in [0.1, 0.15) is 12.6 Å². The number of aromatic nitrogens is 2. The van der Waals surface area contributed by atoms with Crippen molar-refractivity contribution in [3.63, 3.8) is 0 Å². The van der Waals surface area contributed by atoms with Crippen LogP contribution >= 0.6 is 0 Å². The van der Waals surface area contributed by atoms with Gasteiger partial charge in [-0.3, -0.25) is 9.48 Å². The fourth-order valence-electron chi connectivity index (χ4n) is 2.75. The summed E-state index contributed by atoms with van der Waals surface area (Å²) in [5.41, 5.74) is 0.947. The van der Waals surface area contributed by atoms with Crippen LogP contribution in [0.5, 0.6) is 0 Å². The molecule has 6 nitrogen and oxygen atoms in total. The maximum absolute atomic E-state index is 12.6. The Labute approximate surface area is 144 Å². The van der Waals surface area contributed by atoms with E-state index in [1.807, 2.05) is 6.92 Å². The van der Waals surface area contributed by atoms with E-state index >= 15 is 0 Å². The fraction of sp³-hybridized carbons (Fsp3) is 0.688. The van der Waals surface area contributed by atoms with Crippen molar-refractivity contribution in [3.05, 3.63) is 17.0 Å². The van der Waals surface area contributed by atoms with Gasteiger partial charge < -0.3 is 10.4 Å². The van der Waals surface area contributed by atoms with Crippen LogP contribution in [0.2, 0.25) is 0 Å². The monoisotopic (exact) mass is 363 g/mol. The van der Waals surface area contributed by atoms with E-state index < -0.39 is 36.6 Å². The molecule has 1 amide bonds. The number of rotatable bonds is 7. The lowest BCUT2D eigenvalue weighted by molar-refractivity contribution is -0.144. The average Bonchev–Trinajstić information content (AvgIpc) is 2.75. The van der Waals surface area contributed by atoms with E-state index in [-0.39, 0.29) is 11.6 Å². The zero-order valence-corrected chi connectivity index (χ0v) is 14.9. The maximum atomic E-state index is 12.6. The van der Waals surface area contributed by atoms with Crippen LogP contribution in [-0.2, 0) is 16.1 Å². The molecule has 2 N–H and O–H groups in total. The van der Waals surface area contributed by atoms with Gasteiger partial charge in [0.05, 0.1) is 11.6 Å². The molecule has 0 aliphatic rings. The summed E-state index contributed by atoms with van der Waals surface area (Å²) in [5, 5.41) is 15.6. The smallest absolute Gasteiger partial charge is 0.408 e. The topological polar surface area (TPSA) is 84.2 Å². The van der Waals surface area contributed by atoms with Crippen molar-refractivity contribution < 1.29 is 27.9 Å². The molecule has 1 rings (SSSR count). The Morgan fingerprint density at radius 2 is 1.84 bits per heavy atom. The molecular weight excluding hydrogens is 339 g/mol. The van der Waals surface area contributed by atoms with Crippen LogP contribution in [0.1, 0.15) is 50.1 Å². The van der Waals surface area contributed by atoms with E-state index in [1.165, 1.54) is 20.8 Å². The van der Waals surface area contributed by atoms with E-state index in [0.717, 1.165) is 4.68 Å². The number of carboxylic acid groups (broad SMARTS) is 1. The number of hydrogen-bond acceptors (Lipinski definition) is 3. The molecule has 0 saturated heterocycles. The van der Waals surface area contributed by atoms with Gasteiger partial charge in [-0.1, -0.05) is 20.3 Å². The molecule has 1 aromatic rings. The van der Waals surface area contributed by atoms with E-state index in [0.29, 0.717) is 17.7 Å². The predicted octanol–water partition coefficient (Wildman–Crippen LogP) is 2.78. The van der Waals surface area contributed by atoms with E-state index in [4.69, 9.17) is 0 Å². The van der Waals surface area contributed by atoms with Gasteiger partial charge in [0.15, 0.2) is 0 Å². The minimum atomic E-state index is -4.42. The molecule has 0 fully saturated rings. The highest BCUT2D eigenvalue weighted by Crippen LogP contribution is 2.26. The first-order chi connectivity index (χ1) is 11.4. The molecule has 142 valence electrons. The van der Waals surface area contributed by atoms with Crippen molar-refractivity contribution in [2.75, 3.05) is 0 Å². The predicted molar refractivity (Wildman–Crippen MR) is 85.2 cm³/mol. The van der Waals surface area contributed by atoms with Crippen LogP contribution in [0.25, 0.3) is 0 Å². The third-order valence-corrected chi connectivity index (χ3v) is 4.37. The van der Waals surface area contributed by atoms with Gasteiger partial charge in [-0.25, -0.2) is 4.79 Å². The summed E-state index contributed by atoms with van der Waals surface area (Å²) in [4.78, 5) is 23.8. The number of hydrogen-bond donors (Lipinski definition) is 2. The lowest BCUT2D eigenvalue weighted by Crippen LogP contribution is -2.46. The van der Waals surface area contributed by atoms with Gasteiger partial charge in [-0.05, 0) is 26.7 Å². The average molecular weight is 363 g/mol. The highest BCUT2D eigenvalue weighted by Gasteiger charge is 2.33. The van der Waals surface area contributed by atoms with E-state index in [1.54, 1.807) is 6.92 Å². The Bertz CT molecular complexity index is 641. The number of carbonyl (C=O) groups is 2. The number of aliphatic carboxylic acids is 1. The Hall–Kier alpha value is -2.06. The molecule has 1 aromatic heterocycles. The highest BCUT2D eigenvalue weighted by atomic mass is 19.4. The molecule has 0 aromatic carbocycles. The van der Waals surface area contributed by atoms with Gasteiger partial charge in [0.25, 0.3) is 0 Å². The first-order valence-corrected chi connectivity index (χ1v) is 8.02. The molecule has 0 radical (unpaired) electrons. The van der Waals surface area contributed by atoms with Crippen molar-refractivity contribution in [1.29, 1.82) is 0 Å². The van der Waals surface area contributed by atoms with Gasteiger partial charge >= 0.3 is 12.1 Å². The second kappa shape index (κ2) is 7.88. The van der Waals surface area contributed by atoms with Crippen molar-refractivity contribution in [3.8, 4) is 0 Å². The number of aryl methyl sites for hydroxylation is 1. The lowest BCUT2D eigenvalue weighted by Gasteiger charge is -2.22. The molecule has 1 heterocycles. The van der Waals surface area contributed by atoms with Crippen molar-refractivity contribution in [1.82, 2.24) is 15.1 Å². The van der Waals surface area contributed by atoms with E-state index in [2.05, 4.69) is 10.4 Å². The molecule has 3 unspecified atom stereocenters. The maximum Gasteiger partial charge on any atom is 0.408 e. The molecule has 0 saturated carbocycles. The molecule has 25 heavy (non-hydrogen) atoms. The van der Waals surface area contributed by atoms with Crippen molar-refractivity contribution in [2.24, 2.45) is 5.92 Å². The number of carbonyl (C=O) groups excluding carboxylic acids is 1. The molecule has 0 aliphatic carbocycles. The largest absolute Gasteiger partial charge is 0.480 e. The van der Waals surface area contributed by atoms with Crippen LogP contribution in [0.15, 0.2) is 0 Å². The highest BCUT2D eigenvalue weighted by molar-refractivity contribution is 5.88. The minimum absolute atomic E-state index is 0.243. The van der Waals surface area contributed by atoms with Crippen molar-refractivity contribution in [2.45, 2.75) is 65.7 Å². The molecule has 3 atom stereocenters. The summed E-state index contributed by atoms with van der Waals surface area (Å²) in [6, 6.07) is -1.05. The standard InChI is InChI=1S/C16H24F3N3O3/c1-6-8(2)13(15(24)25)20-14(23)9(3)12-10(4)21-22(11(12)5)7-16(17,18)19/h8-9,13H,6-7H2,1-5H3,(H,20,23)(H,24,25). The van der Waals surface area contributed by atoms with Gasteiger partial charge in [0, 0.05) is 11.3 Å². The van der Waals surface area contributed by atoms with Crippen LogP contribution in [0.3, 0.4) is 0 Å². The zero-order valence-electron chi connectivity index (χ0n) is 14.9. The number of alkyl halides is 3. The molecule has 0 spiro atoms. The second-order valence-corrected chi connectivity index (χ2v) is 6.29. The van der Waals surface area contributed by atoms with Crippen LogP contribution in [-0.4, -0.2) is 39.0 Å². The fourth-order valence-corrected chi connectivity index (χ4v) is 2.75. The van der Waals surface area contributed by atoms with Crippen LogP contribution in [0.4, 0.5) is 13.2 Å². The van der Waals surface area contributed by atoms with Gasteiger partial charge in [-0.2, -0.15) is 18.3 Å². The Balaban J connectivity index is 3.04. The summed E-state index contributed by atoms with van der Waals surface area (Å²) in [6.07, 6.45) is -3.86. The summed E-state index contributed by atoms with van der Waals surface area (Å²) in [7, 11) is 0. The first kappa shape index (κ1) is 21.0. The van der Waals surface area contributed by atoms with Crippen LogP contribution < -0.4 is 5.32 Å². The first-order valence-electron chi connectivity index (χ1n) is 8.02. The number of nitrogens with one attached hydrogen (secondary N) is 1. The Morgan fingerprint density at radius 1 is 1.28 bits per heavy atom. The number of halogens is 3.